The molecule has 128 valence electrons. The Balaban J connectivity index is 1.79. The van der Waals surface area contributed by atoms with E-state index >= 15 is 0 Å². The number of tetrazole rings is 1. The summed E-state index contributed by atoms with van der Waals surface area (Å²) in [4.78, 5) is 15.8. The van der Waals surface area contributed by atoms with Gasteiger partial charge in [-0.3, -0.25) is 4.79 Å². The maximum atomic E-state index is 12.7. The second kappa shape index (κ2) is 7.25. The fourth-order valence-electron chi connectivity index (χ4n) is 2.80. The Bertz CT molecular complexity index is 887. The number of hydrogen-bond donors (Lipinski definition) is 0. The molecule has 0 aliphatic carbocycles. The molecule has 0 aliphatic heterocycles. The Morgan fingerprint density at radius 2 is 1.72 bits per heavy atom. The highest BCUT2D eigenvalue weighted by molar-refractivity contribution is 5.93. The fraction of sp³-hybridized carbons (Fsp3) is 0.263. The lowest BCUT2D eigenvalue weighted by atomic mass is 10.1. The van der Waals surface area contributed by atoms with E-state index < -0.39 is 0 Å². The summed E-state index contributed by atoms with van der Waals surface area (Å²) in [5.41, 5.74) is 3.97. The van der Waals surface area contributed by atoms with Gasteiger partial charge in [-0.15, -0.1) is 10.2 Å². The van der Waals surface area contributed by atoms with Gasteiger partial charge in [0.25, 0.3) is 5.91 Å². The Morgan fingerprint density at radius 3 is 2.40 bits per heavy atom. The van der Waals surface area contributed by atoms with Crippen molar-refractivity contribution in [1.82, 2.24) is 20.2 Å². The average Bonchev–Trinajstić information content (AvgIpc) is 3.06. The molecule has 0 bridgehead atoms. The summed E-state index contributed by atoms with van der Waals surface area (Å²) < 4.78 is 0. The lowest BCUT2D eigenvalue weighted by Crippen LogP contribution is -2.34. The molecule has 3 rings (SSSR count). The lowest BCUT2D eigenvalue weighted by Gasteiger charge is -2.22. The number of carbonyl (C=O) groups excluding carboxylic acids is 1. The molecule has 0 saturated carbocycles. The topological polar surface area (TPSA) is 63.9 Å². The number of rotatable bonds is 5. The van der Waals surface area contributed by atoms with Crippen molar-refractivity contribution in [3.8, 4) is 11.4 Å². The minimum Gasteiger partial charge on any atom is -0.311 e. The molecule has 0 atom stereocenters. The normalized spacial score (nSPS) is 10.7. The first-order valence-corrected chi connectivity index (χ1v) is 8.30. The lowest BCUT2D eigenvalue weighted by molar-refractivity contribution is -0.119. The van der Waals surface area contributed by atoms with E-state index in [-0.39, 0.29) is 12.5 Å². The maximum absolute atomic E-state index is 12.7. The predicted octanol–water partition coefficient (Wildman–Crippen LogP) is 3.01. The number of aryl methyl sites for hydroxylation is 2. The molecule has 0 saturated heterocycles. The molecule has 1 amide bonds. The van der Waals surface area contributed by atoms with Gasteiger partial charge < -0.3 is 4.90 Å². The van der Waals surface area contributed by atoms with Crippen LogP contribution in [0.2, 0.25) is 0 Å². The number of benzene rings is 2. The van der Waals surface area contributed by atoms with Gasteiger partial charge in [0, 0.05) is 17.8 Å². The van der Waals surface area contributed by atoms with Crippen LogP contribution >= 0.6 is 0 Å². The van der Waals surface area contributed by atoms with Crippen LogP contribution < -0.4 is 4.90 Å². The highest BCUT2D eigenvalue weighted by atomic mass is 16.2. The zero-order valence-corrected chi connectivity index (χ0v) is 14.7. The fourth-order valence-corrected chi connectivity index (χ4v) is 2.80. The molecule has 0 fully saturated rings. The zero-order chi connectivity index (χ0) is 17.8. The minimum absolute atomic E-state index is 0.0566. The number of nitrogens with zero attached hydrogens (tertiary/aromatic N) is 5. The molecule has 0 spiro atoms. The van der Waals surface area contributed by atoms with Gasteiger partial charge >= 0.3 is 0 Å². The maximum Gasteiger partial charge on any atom is 0.250 e. The molecule has 1 aromatic heterocycles. The van der Waals surface area contributed by atoms with Crippen LogP contribution in [0.15, 0.2) is 48.5 Å². The highest BCUT2D eigenvalue weighted by Gasteiger charge is 2.18. The molecule has 1 heterocycles. The number of aromatic nitrogens is 4. The standard InChI is InChI=1S/C19H21N5O/c1-4-23(17-12-8-6-10-15(17)3)18(25)13-24-21-19(20-22-24)16-11-7-5-9-14(16)2/h5-12H,4,13H2,1-3H3. The monoisotopic (exact) mass is 335 g/mol. The van der Waals surface area contributed by atoms with Gasteiger partial charge in [0.15, 0.2) is 0 Å². The molecule has 2 aromatic carbocycles. The third-order valence-electron chi connectivity index (χ3n) is 4.14. The van der Waals surface area contributed by atoms with Crippen LogP contribution in [0.25, 0.3) is 11.4 Å². The summed E-state index contributed by atoms with van der Waals surface area (Å²) in [6.45, 7) is 6.59. The SMILES string of the molecule is CCN(C(=O)Cn1nnc(-c2ccccc2C)n1)c1ccccc1C. The van der Waals surface area contributed by atoms with Gasteiger partial charge in [-0.2, -0.15) is 4.80 Å². The van der Waals surface area contributed by atoms with E-state index in [2.05, 4.69) is 15.4 Å². The molecule has 6 heteroatoms. The van der Waals surface area contributed by atoms with Crippen molar-refractivity contribution in [3.05, 3.63) is 59.7 Å². The molecular formula is C19H21N5O. The van der Waals surface area contributed by atoms with Crippen LogP contribution in [0, 0.1) is 13.8 Å². The summed E-state index contributed by atoms with van der Waals surface area (Å²) >= 11 is 0. The number of carbonyl (C=O) groups is 1. The second-order valence-electron chi connectivity index (χ2n) is 5.88. The van der Waals surface area contributed by atoms with Crippen LogP contribution in [0.1, 0.15) is 18.1 Å². The van der Waals surface area contributed by atoms with Gasteiger partial charge in [0.05, 0.1) is 0 Å². The number of anilines is 1. The summed E-state index contributed by atoms with van der Waals surface area (Å²) in [7, 11) is 0. The Labute approximate surface area is 147 Å². The van der Waals surface area contributed by atoms with E-state index in [4.69, 9.17) is 0 Å². The van der Waals surface area contributed by atoms with E-state index in [1.54, 1.807) is 4.90 Å². The van der Waals surface area contributed by atoms with Crippen molar-refractivity contribution in [2.45, 2.75) is 27.3 Å². The Morgan fingerprint density at radius 1 is 1.04 bits per heavy atom. The van der Waals surface area contributed by atoms with Crippen LogP contribution in [-0.2, 0) is 11.3 Å². The van der Waals surface area contributed by atoms with E-state index in [1.165, 1.54) is 4.80 Å². The van der Waals surface area contributed by atoms with Crippen LogP contribution in [0.4, 0.5) is 5.69 Å². The molecule has 25 heavy (non-hydrogen) atoms. The van der Waals surface area contributed by atoms with Crippen molar-refractivity contribution >= 4 is 11.6 Å². The first-order chi connectivity index (χ1) is 12.1. The average molecular weight is 335 g/mol. The highest BCUT2D eigenvalue weighted by Crippen LogP contribution is 2.20. The minimum atomic E-state index is -0.0643. The molecule has 6 nitrogen and oxygen atoms in total. The van der Waals surface area contributed by atoms with E-state index in [1.807, 2.05) is 69.3 Å². The quantitative estimate of drug-likeness (QED) is 0.719. The predicted molar refractivity (Wildman–Crippen MR) is 97.2 cm³/mol. The molecule has 0 aliphatic rings. The molecular weight excluding hydrogens is 314 g/mol. The Hall–Kier alpha value is -3.02. The number of para-hydroxylation sites is 1. The zero-order valence-electron chi connectivity index (χ0n) is 14.7. The summed E-state index contributed by atoms with van der Waals surface area (Å²) in [5.74, 6) is 0.468. The third kappa shape index (κ3) is 3.57. The van der Waals surface area contributed by atoms with Gasteiger partial charge in [-0.05, 0) is 43.2 Å². The van der Waals surface area contributed by atoms with Crippen molar-refractivity contribution in [2.75, 3.05) is 11.4 Å². The van der Waals surface area contributed by atoms with E-state index in [9.17, 15) is 4.79 Å². The third-order valence-corrected chi connectivity index (χ3v) is 4.14. The van der Waals surface area contributed by atoms with Crippen LogP contribution in [0.3, 0.4) is 0 Å². The molecule has 0 unspecified atom stereocenters. The van der Waals surface area contributed by atoms with Crippen LogP contribution in [-0.4, -0.2) is 32.7 Å². The number of hydrogen-bond acceptors (Lipinski definition) is 4. The first-order valence-electron chi connectivity index (χ1n) is 8.30. The van der Waals surface area contributed by atoms with Crippen molar-refractivity contribution in [2.24, 2.45) is 0 Å². The van der Waals surface area contributed by atoms with Gasteiger partial charge in [-0.1, -0.05) is 42.5 Å². The molecule has 0 N–H and O–H groups in total. The number of amides is 1. The van der Waals surface area contributed by atoms with E-state index in [0.717, 1.165) is 22.4 Å². The largest absolute Gasteiger partial charge is 0.311 e. The van der Waals surface area contributed by atoms with Gasteiger partial charge in [-0.25, -0.2) is 0 Å². The Kier molecular flexibility index (Phi) is 4.88. The van der Waals surface area contributed by atoms with Gasteiger partial charge in [0.1, 0.15) is 6.54 Å². The smallest absolute Gasteiger partial charge is 0.250 e. The summed E-state index contributed by atoms with van der Waals surface area (Å²) in [5, 5.41) is 12.5. The van der Waals surface area contributed by atoms with Gasteiger partial charge in [0.2, 0.25) is 5.82 Å². The van der Waals surface area contributed by atoms with Crippen molar-refractivity contribution in [3.63, 3.8) is 0 Å². The second-order valence-corrected chi connectivity index (χ2v) is 5.88. The number of likely N-dealkylation sites (N-methyl/N-ethyl adjacent to an activating group) is 1. The first kappa shape index (κ1) is 16.8. The summed E-state index contributed by atoms with van der Waals surface area (Å²) in [6, 6.07) is 15.7. The van der Waals surface area contributed by atoms with Crippen molar-refractivity contribution < 1.29 is 4.79 Å². The van der Waals surface area contributed by atoms with E-state index in [0.29, 0.717) is 12.4 Å². The van der Waals surface area contributed by atoms with Crippen LogP contribution in [0.5, 0.6) is 0 Å². The molecule has 0 radical (unpaired) electrons. The molecule has 3 aromatic rings. The summed E-state index contributed by atoms with van der Waals surface area (Å²) in [6.07, 6.45) is 0. The van der Waals surface area contributed by atoms with Crippen molar-refractivity contribution in [1.29, 1.82) is 0 Å².